The second-order valence-corrected chi connectivity index (χ2v) is 6.34. The molecule has 0 amide bonds. The first kappa shape index (κ1) is 19.5. The second kappa shape index (κ2) is 9.64. The monoisotopic (exact) mass is 365 g/mol. The third-order valence-electron chi connectivity index (χ3n) is 3.97. The Labute approximate surface area is 154 Å². The van der Waals surface area contributed by atoms with Gasteiger partial charge >= 0.3 is 0 Å². The van der Waals surface area contributed by atoms with E-state index in [9.17, 15) is 4.39 Å². The smallest absolute Gasteiger partial charge is 0.163 e. The molecule has 1 atom stereocenters. The van der Waals surface area contributed by atoms with Crippen LogP contribution in [0.5, 0.6) is 11.5 Å². The van der Waals surface area contributed by atoms with Gasteiger partial charge in [0.1, 0.15) is 12.4 Å². The molecule has 2 rings (SSSR count). The zero-order valence-corrected chi connectivity index (χ0v) is 15.7. The van der Waals surface area contributed by atoms with Crippen molar-refractivity contribution in [2.45, 2.75) is 46.4 Å². The minimum absolute atomic E-state index is 0.264. The number of halogens is 2. The van der Waals surface area contributed by atoms with E-state index < -0.39 is 0 Å². The van der Waals surface area contributed by atoms with Crippen molar-refractivity contribution in [2.75, 3.05) is 6.61 Å². The van der Waals surface area contributed by atoms with Crippen LogP contribution in [0.25, 0.3) is 0 Å². The maximum Gasteiger partial charge on any atom is 0.163 e. The first-order valence-electron chi connectivity index (χ1n) is 8.59. The molecule has 1 N–H and O–H groups in total. The predicted octanol–water partition coefficient (Wildman–Crippen LogP) is 5.34. The SMILES string of the molecule is CCOc1cc(CNC(C)CC)c(Cl)cc1OCc1ccc(F)cc1. The van der Waals surface area contributed by atoms with Crippen LogP contribution in [0, 0.1) is 5.82 Å². The molecular weight excluding hydrogens is 341 g/mol. The van der Waals surface area contributed by atoms with Gasteiger partial charge in [0.25, 0.3) is 0 Å². The highest BCUT2D eigenvalue weighted by Gasteiger charge is 2.12. The molecule has 0 aromatic heterocycles. The second-order valence-electron chi connectivity index (χ2n) is 5.93. The third-order valence-corrected chi connectivity index (χ3v) is 4.33. The Bertz CT molecular complexity index is 676. The van der Waals surface area contributed by atoms with Gasteiger partial charge in [-0.3, -0.25) is 0 Å². The van der Waals surface area contributed by atoms with Crippen LogP contribution in [0.1, 0.15) is 38.3 Å². The van der Waals surface area contributed by atoms with Crippen LogP contribution in [0.15, 0.2) is 36.4 Å². The summed E-state index contributed by atoms with van der Waals surface area (Å²) in [6, 6.07) is 10.3. The van der Waals surface area contributed by atoms with Crippen LogP contribution in [0.3, 0.4) is 0 Å². The summed E-state index contributed by atoms with van der Waals surface area (Å²) in [6.07, 6.45) is 1.05. The molecular formula is C20H25ClFNO2. The Morgan fingerprint density at radius 1 is 1.08 bits per heavy atom. The number of ether oxygens (including phenoxy) is 2. The van der Waals surface area contributed by atoms with Crippen molar-refractivity contribution in [2.24, 2.45) is 0 Å². The fourth-order valence-corrected chi connectivity index (χ4v) is 2.48. The number of benzene rings is 2. The van der Waals surface area contributed by atoms with Gasteiger partial charge in [-0.2, -0.15) is 0 Å². The van der Waals surface area contributed by atoms with E-state index in [0.717, 1.165) is 17.5 Å². The minimum atomic E-state index is -0.264. The summed E-state index contributed by atoms with van der Waals surface area (Å²) in [4.78, 5) is 0. The van der Waals surface area contributed by atoms with E-state index >= 15 is 0 Å². The summed E-state index contributed by atoms with van der Waals surface area (Å²) in [5, 5.41) is 4.06. The van der Waals surface area contributed by atoms with Crippen molar-refractivity contribution >= 4 is 11.6 Å². The van der Waals surface area contributed by atoms with Gasteiger partial charge in [0.15, 0.2) is 11.5 Å². The molecule has 136 valence electrons. The molecule has 0 saturated carbocycles. The van der Waals surface area contributed by atoms with Crippen molar-refractivity contribution in [1.82, 2.24) is 5.32 Å². The molecule has 5 heteroatoms. The van der Waals surface area contributed by atoms with Gasteiger partial charge in [0.05, 0.1) is 6.61 Å². The third kappa shape index (κ3) is 5.91. The van der Waals surface area contributed by atoms with E-state index in [-0.39, 0.29) is 5.82 Å². The van der Waals surface area contributed by atoms with Gasteiger partial charge in [-0.05, 0) is 49.6 Å². The van der Waals surface area contributed by atoms with Gasteiger partial charge in [0, 0.05) is 23.7 Å². The Balaban J connectivity index is 2.13. The standard InChI is InChI=1S/C20H25ClFNO2/c1-4-14(3)23-12-16-10-19(24-5-2)20(11-18(16)21)25-13-15-6-8-17(22)9-7-15/h6-11,14,23H,4-5,12-13H2,1-3H3. The highest BCUT2D eigenvalue weighted by molar-refractivity contribution is 6.31. The molecule has 25 heavy (non-hydrogen) atoms. The fraction of sp³-hybridized carbons (Fsp3) is 0.400. The maximum absolute atomic E-state index is 13.0. The van der Waals surface area contributed by atoms with Crippen molar-refractivity contribution in [3.05, 3.63) is 58.4 Å². The molecule has 0 heterocycles. The fourth-order valence-electron chi connectivity index (χ4n) is 2.26. The van der Waals surface area contributed by atoms with Crippen LogP contribution in [0.2, 0.25) is 5.02 Å². The van der Waals surface area contributed by atoms with Crippen LogP contribution in [0.4, 0.5) is 4.39 Å². The minimum Gasteiger partial charge on any atom is -0.490 e. The summed E-state index contributed by atoms with van der Waals surface area (Å²) in [5.41, 5.74) is 1.85. The van der Waals surface area contributed by atoms with E-state index in [1.54, 1.807) is 18.2 Å². The number of nitrogens with one attached hydrogen (secondary N) is 1. The largest absolute Gasteiger partial charge is 0.490 e. The van der Waals surface area contributed by atoms with Crippen molar-refractivity contribution in [3.63, 3.8) is 0 Å². The molecule has 0 fully saturated rings. The van der Waals surface area contributed by atoms with Gasteiger partial charge in [-0.1, -0.05) is 30.7 Å². The van der Waals surface area contributed by atoms with Crippen LogP contribution < -0.4 is 14.8 Å². The van der Waals surface area contributed by atoms with Crippen molar-refractivity contribution in [1.29, 1.82) is 0 Å². The van der Waals surface area contributed by atoms with Crippen molar-refractivity contribution < 1.29 is 13.9 Å². The lowest BCUT2D eigenvalue weighted by Crippen LogP contribution is -2.24. The van der Waals surface area contributed by atoms with Crippen LogP contribution >= 0.6 is 11.6 Å². The van der Waals surface area contributed by atoms with Gasteiger partial charge < -0.3 is 14.8 Å². The van der Waals surface area contributed by atoms with Crippen LogP contribution in [-0.2, 0) is 13.2 Å². The Morgan fingerprint density at radius 2 is 1.76 bits per heavy atom. The average Bonchev–Trinajstić information content (AvgIpc) is 2.61. The molecule has 0 spiro atoms. The first-order chi connectivity index (χ1) is 12.0. The molecule has 2 aromatic carbocycles. The molecule has 3 nitrogen and oxygen atoms in total. The number of rotatable bonds is 9. The molecule has 0 aliphatic carbocycles. The quantitative estimate of drug-likeness (QED) is 0.650. The van der Waals surface area contributed by atoms with E-state index in [1.165, 1.54) is 12.1 Å². The van der Waals surface area contributed by atoms with E-state index in [2.05, 4.69) is 19.2 Å². The molecule has 0 aliphatic rings. The summed E-state index contributed by atoms with van der Waals surface area (Å²) < 4.78 is 24.5. The lowest BCUT2D eigenvalue weighted by atomic mass is 10.1. The average molecular weight is 366 g/mol. The molecule has 0 bridgehead atoms. The van der Waals surface area contributed by atoms with Crippen LogP contribution in [-0.4, -0.2) is 12.6 Å². The Kier molecular flexibility index (Phi) is 7.53. The Hall–Kier alpha value is -1.78. The normalized spacial score (nSPS) is 12.0. The van der Waals surface area contributed by atoms with E-state index in [0.29, 0.717) is 42.3 Å². The number of hydrogen-bond donors (Lipinski definition) is 1. The molecule has 2 aromatic rings. The zero-order chi connectivity index (χ0) is 18.2. The molecule has 0 saturated heterocycles. The van der Waals surface area contributed by atoms with Gasteiger partial charge in [-0.15, -0.1) is 0 Å². The van der Waals surface area contributed by atoms with Gasteiger partial charge in [0.2, 0.25) is 0 Å². The first-order valence-corrected chi connectivity index (χ1v) is 8.97. The molecule has 1 unspecified atom stereocenters. The summed E-state index contributed by atoms with van der Waals surface area (Å²) >= 11 is 6.41. The highest BCUT2D eigenvalue weighted by Crippen LogP contribution is 2.34. The zero-order valence-electron chi connectivity index (χ0n) is 14.9. The highest BCUT2D eigenvalue weighted by atomic mass is 35.5. The van der Waals surface area contributed by atoms with E-state index in [1.807, 2.05) is 13.0 Å². The molecule has 0 radical (unpaired) electrons. The lowest BCUT2D eigenvalue weighted by molar-refractivity contribution is 0.269. The predicted molar refractivity (Wildman–Crippen MR) is 99.9 cm³/mol. The number of hydrogen-bond acceptors (Lipinski definition) is 3. The molecule has 0 aliphatic heterocycles. The van der Waals surface area contributed by atoms with Crippen molar-refractivity contribution in [3.8, 4) is 11.5 Å². The van der Waals surface area contributed by atoms with Gasteiger partial charge in [-0.25, -0.2) is 4.39 Å². The summed E-state index contributed by atoms with van der Waals surface area (Å²) in [7, 11) is 0. The summed E-state index contributed by atoms with van der Waals surface area (Å²) in [6.45, 7) is 7.73. The lowest BCUT2D eigenvalue weighted by Gasteiger charge is -2.17. The topological polar surface area (TPSA) is 30.5 Å². The summed E-state index contributed by atoms with van der Waals surface area (Å²) in [5.74, 6) is 0.985. The maximum atomic E-state index is 13.0. The Morgan fingerprint density at radius 3 is 2.40 bits per heavy atom. The van der Waals surface area contributed by atoms with E-state index in [4.69, 9.17) is 21.1 Å².